The molecule has 10 nitrogen and oxygen atoms in total. The van der Waals surface area contributed by atoms with Crippen LogP contribution in [0.1, 0.15) is 42.3 Å². The lowest BCUT2D eigenvalue weighted by molar-refractivity contribution is -0.137. The van der Waals surface area contributed by atoms with Crippen LogP contribution in [-0.2, 0) is 28.5 Å². The number of rotatable bonds is 10. The standard InChI is InChI=1S/C29H24BrNO9S/c1-37-23(32)14-21(28(35)39-3)41-22(17-8-6-5-7-9-17)16-31-15-20(27(34)38-2)24(29(36)40-4)25(31)26(33)18-10-12-19(30)13-11-18/h5-16H,1-4H3/b21-14+,22-16+. The molecule has 0 aliphatic heterocycles. The minimum absolute atomic E-state index is 0.122. The summed E-state index contributed by atoms with van der Waals surface area (Å²) in [6, 6.07) is 15.1. The number of hydrogen-bond acceptors (Lipinski definition) is 10. The van der Waals surface area contributed by atoms with Gasteiger partial charge < -0.3 is 23.5 Å². The number of ketones is 1. The van der Waals surface area contributed by atoms with Gasteiger partial charge in [0.1, 0.15) is 16.2 Å². The Morgan fingerprint density at radius 3 is 1.98 bits per heavy atom. The van der Waals surface area contributed by atoms with Gasteiger partial charge in [-0.3, -0.25) is 4.79 Å². The molecule has 0 saturated heterocycles. The summed E-state index contributed by atoms with van der Waals surface area (Å²) in [7, 11) is 4.58. The highest BCUT2D eigenvalue weighted by atomic mass is 79.9. The summed E-state index contributed by atoms with van der Waals surface area (Å²) in [5.41, 5.74) is 0.0839. The van der Waals surface area contributed by atoms with E-state index >= 15 is 0 Å². The molecule has 3 rings (SSSR count). The van der Waals surface area contributed by atoms with Gasteiger partial charge in [0.2, 0.25) is 5.78 Å². The molecule has 1 aromatic heterocycles. The van der Waals surface area contributed by atoms with E-state index in [1.165, 1.54) is 17.0 Å². The van der Waals surface area contributed by atoms with Crippen LogP contribution in [0.25, 0.3) is 11.1 Å². The normalized spacial score (nSPS) is 11.4. The lowest BCUT2D eigenvalue weighted by Gasteiger charge is -2.12. The Labute approximate surface area is 248 Å². The number of methoxy groups -OCH3 is 4. The second-order valence-electron chi connectivity index (χ2n) is 7.98. The van der Waals surface area contributed by atoms with Crippen molar-refractivity contribution < 1.29 is 42.9 Å². The molecule has 0 aliphatic rings. The lowest BCUT2D eigenvalue weighted by atomic mass is 10.0. The minimum atomic E-state index is -0.937. The van der Waals surface area contributed by atoms with Crippen molar-refractivity contribution in [3.8, 4) is 0 Å². The predicted octanol–water partition coefficient (Wildman–Crippen LogP) is 4.97. The second-order valence-corrected chi connectivity index (χ2v) is 9.98. The zero-order valence-corrected chi connectivity index (χ0v) is 24.7. The SMILES string of the molecule is COC(=O)/C=C(/S/C(=C/n1cc(C(=O)OC)c(C(=O)OC)c1C(=O)c1ccc(Br)cc1)c1ccccc1)C(=O)OC. The third-order valence-corrected chi connectivity index (χ3v) is 7.11. The number of esters is 4. The third kappa shape index (κ3) is 7.41. The number of hydrogen-bond donors (Lipinski definition) is 0. The van der Waals surface area contributed by atoms with Gasteiger partial charge in [-0.2, -0.15) is 0 Å². The molecule has 0 aliphatic carbocycles. The van der Waals surface area contributed by atoms with Crippen molar-refractivity contribution in [3.63, 3.8) is 0 Å². The summed E-state index contributed by atoms with van der Waals surface area (Å²) in [4.78, 5) is 64.3. The van der Waals surface area contributed by atoms with Crippen LogP contribution in [0.5, 0.6) is 0 Å². The zero-order valence-electron chi connectivity index (χ0n) is 22.3. The molecule has 0 unspecified atom stereocenters. The van der Waals surface area contributed by atoms with E-state index in [0.29, 0.717) is 10.5 Å². The average Bonchev–Trinajstić information content (AvgIpc) is 3.38. The van der Waals surface area contributed by atoms with Crippen molar-refractivity contribution in [1.82, 2.24) is 4.57 Å². The molecule has 0 bridgehead atoms. The van der Waals surface area contributed by atoms with E-state index in [4.69, 9.17) is 14.2 Å². The molecule has 0 amide bonds. The molecule has 0 spiro atoms. The van der Waals surface area contributed by atoms with E-state index in [9.17, 15) is 24.0 Å². The highest BCUT2D eigenvalue weighted by Gasteiger charge is 2.31. The molecule has 0 fully saturated rings. The fourth-order valence-corrected chi connectivity index (χ4v) is 4.82. The highest BCUT2D eigenvalue weighted by Crippen LogP contribution is 2.36. The summed E-state index contributed by atoms with van der Waals surface area (Å²) in [5, 5.41) is 0. The van der Waals surface area contributed by atoms with Gasteiger partial charge >= 0.3 is 23.9 Å². The van der Waals surface area contributed by atoms with Gasteiger partial charge in [0, 0.05) is 33.4 Å². The van der Waals surface area contributed by atoms with Crippen molar-refractivity contribution in [1.29, 1.82) is 0 Å². The molecule has 212 valence electrons. The molecule has 2 aromatic carbocycles. The van der Waals surface area contributed by atoms with E-state index in [-0.39, 0.29) is 27.3 Å². The van der Waals surface area contributed by atoms with Gasteiger partial charge in [0.05, 0.1) is 34.0 Å². The number of aromatic nitrogens is 1. The first kappa shape index (κ1) is 31.1. The largest absolute Gasteiger partial charge is 0.466 e. The topological polar surface area (TPSA) is 127 Å². The Kier molecular flexibility index (Phi) is 10.8. The summed E-state index contributed by atoms with van der Waals surface area (Å²) < 4.78 is 21.3. The molecule has 12 heteroatoms. The molecule has 41 heavy (non-hydrogen) atoms. The number of ether oxygens (including phenoxy) is 4. The fraction of sp³-hybridized carbons (Fsp3) is 0.138. The number of carbonyl (C=O) groups excluding carboxylic acids is 5. The van der Waals surface area contributed by atoms with Crippen LogP contribution in [0.2, 0.25) is 0 Å². The monoisotopic (exact) mass is 641 g/mol. The van der Waals surface area contributed by atoms with E-state index in [0.717, 1.165) is 50.7 Å². The Hall–Kier alpha value is -4.42. The number of thioether (sulfide) groups is 1. The maximum Gasteiger partial charge on any atom is 0.344 e. The third-order valence-electron chi connectivity index (χ3n) is 5.52. The van der Waals surface area contributed by atoms with E-state index in [1.807, 2.05) is 0 Å². The van der Waals surface area contributed by atoms with Gasteiger partial charge in [-0.15, -0.1) is 0 Å². The molecule has 0 radical (unpaired) electrons. The van der Waals surface area contributed by atoms with E-state index < -0.39 is 29.7 Å². The fourth-order valence-electron chi connectivity index (χ4n) is 3.57. The Balaban J connectivity index is 2.36. The smallest absolute Gasteiger partial charge is 0.344 e. The van der Waals surface area contributed by atoms with Crippen molar-refractivity contribution in [2.75, 3.05) is 28.4 Å². The first-order valence-electron chi connectivity index (χ1n) is 11.7. The van der Waals surface area contributed by atoms with Gasteiger partial charge in [0.15, 0.2) is 0 Å². The molecular weight excluding hydrogens is 618 g/mol. The lowest BCUT2D eigenvalue weighted by Crippen LogP contribution is -2.16. The predicted molar refractivity (Wildman–Crippen MR) is 155 cm³/mol. The quantitative estimate of drug-likeness (QED) is 0.129. The first-order chi connectivity index (χ1) is 19.6. The summed E-state index contributed by atoms with van der Waals surface area (Å²) in [6.45, 7) is 0. The zero-order chi connectivity index (χ0) is 30.1. The van der Waals surface area contributed by atoms with Crippen LogP contribution in [0.4, 0.5) is 0 Å². The van der Waals surface area contributed by atoms with Crippen LogP contribution in [-0.4, -0.2) is 62.7 Å². The molecular formula is C29H24BrNO9S. The maximum atomic E-state index is 13.8. The molecule has 1 heterocycles. The summed E-state index contributed by atoms with van der Waals surface area (Å²) in [6.07, 6.45) is 3.67. The van der Waals surface area contributed by atoms with Crippen LogP contribution in [0, 0.1) is 0 Å². The summed E-state index contributed by atoms with van der Waals surface area (Å²) in [5.74, 6) is -4.02. The van der Waals surface area contributed by atoms with E-state index in [1.54, 1.807) is 54.6 Å². The second kappa shape index (κ2) is 14.3. The number of carbonyl (C=O) groups is 5. The molecule has 0 saturated carbocycles. The van der Waals surface area contributed by atoms with E-state index in [2.05, 4.69) is 20.7 Å². The number of halogens is 1. The first-order valence-corrected chi connectivity index (χ1v) is 13.3. The number of nitrogens with zero attached hydrogens (tertiary/aromatic N) is 1. The van der Waals surface area contributed by atoms with Crippen molar-refractivity contribution in [3.05, 3.63) is 104 Å². The van der Waals surface area contributed by atoms with Gasteiger partial charge in [0.25, 0.3) is 0 Å². The van der Waals surface area contributed by atoms with Crippen LogP contribution in [0.3, 0.4) is 0 Å². The van der Waals surface area contributed by atoms with Gasteiger partial charge in [-0.05, 0) is 29.8 Å². The van der Waals surface area contributed by atoms with Gasteiger partial charge in [-0.1, -0.05) is 58.0 Å². The van der Waals surface area contributed by atoms with Crippen LogP contribution < -0.4 is 0 Å². The minimum Gasteiger partial charge on any atom is -0.466 e. The average molecular weight is 642 g/mol. The Bertz CT molecular complexity index is 1540. The molecule has 3 aromatic rings. The Morgan fingerprint density at radius 2 is 1.41 bits per heavy atom. The highest BCUT2D eigenvalue weighted by molar-refractivity contribution is 9.10. The van der Waals surface area contributed by atoms with Gasteiger partial charge in [-0.25, -0.2) is 19.2 Å². The summed E-state index contributed by atoms with van der Waals surface area (Å²) >= 11 is 4.18. The van der Waals surface area contributed by atoms with Crippen LogP contribution in [0.15, 0.2) is 76.2 Å². The molecule has 0 N–H and O–H groups in total. The van der Waals surface area contributed by atoms with Crippen LogP contribution >= 0.6 is 27.7 Å². The van der Waals surface area contributed by atoms with Crippen molar-refractivity contribution in [2.24, 2.45) is 0 Å². The molecule has 0 atom stereocenters. The van der Waals surface area contributed by atoms with Crippen molar-refractivity contribution >= 4 is 68.5 Å². The Morgan fingerprint density at radius 1 is 0.780 bits per heavy atom. The van der Waals surface area contributed by atoms with Crippen molar-refractivity contribution in [2.45, 2.75) is 0 Å². The number of benzene rings is 2. The maximum absolute atomic E-state index is 13.8.